The van der Waals surface area contributed by atoms with Gasteiger partial charge in [0.15, 0.2) is 6.61 Å². The minimum atomic E-state index is -0.235. The highest BCUT2D eigenvalue weighted by Crippen LogP contribution is 2.20. The van der Waals surface area contributed by atoms with Crippen molar-refractivity contribution in [2.75, 3.05) is 43.1 Å². The summed E-state index contributed by atoms with van der Waals surface area (Å²) in [6.45, 7) is 7.57. The van der Waals surface area contributed by atoms with Crippen molar-refractivity contribution < 1.29 is 14.4 Å². The molecule has 0 aliphatic carbocycles. The van der Waals surface area contributed by atoms with Gasteiger partial charge in [0.05, 0.1) is 19.4 Å². The van der Waals surface area contributed by atoms with Crippen LogP contribution in [0.15, 0.2) is 53.7 Å². The molecule has 2 aromatic carbocycles. The predicted molar refractivity (Wildman–Crippen MR) is 117 cm³/mol. The summed E-state index contributed by atoms with van der Waals surface area (Å²) in [4.78, 5) is 19.4. The van der Waals surface area contributed by atoms with E-state index in [1.807, 2.05) is 36.4 Å². The maximum atomic E-state index is 12.0. The van der Waals surface area contributed by atoms with Crippen LogP contribution in [0.4, 0.5) is 11.4 Å². The number of nitrogens with one attached hydrogen (secondary N) is 1. The SMILES string of the molecule is CCC(C)c1ccc(NC(=O)CO/N=C/c2ccc(N3CCOCC3)cc2)cc1. The van der Waals surface area contributed by atoms with Crippen LogP contribution in [0.2, 0.25) is 0 Å². The normalized spacial score (nSPS) is 15.3. The number of morpholine rings is 1. The molecule has 1 saturated heterocycles. The Morgan fingerprint density at radius 2 is 1.86 bits per heavy atom. The highest BCUT2D eigenvalue weighted by atomic mass is 16.6. The van der Waals surface area contributed by atoms with Gasteiger partial charge in [0.1, 0.15) is 0 Å². The topological polar surface area (TPSA) is 63.2 Å². The highest BCUT2D eigenvalue weighted by molar-refractivity contribution is 5.91. The molecule has 1 aliphatic heterocycles. The van der Waals surface area contributed by atoms with Gasteiger partial charge in [0, 0.05) is 24.5 Å². The quantitative estimate of drug-likeness (QED) is 0.542. The molecule has 0 spiro atoms. The van der Waals surface area contributed by atoms with Gasteiger partial charge in [-0.2, -0.15) is 0 Å². The lowest BCUT2D eigenvalue weighted by Gasteiger charge is -2.28. The van der Waals surface area contributed by atoms with E-state index in [-0.39, 0.29) is 12.5 Å². The van der Waals surface area contributed by atoms with Gasteiger partial charge in [0.2, 0.25) is 0 Å². The molecule has 0 saturated carbocycles. The van der Waals surface area contributed by atoms with E-state index in [1.165, 1.54) is 11.3 Å². The number of carbonyl (C=O) groups is 1. The summed E-state index contributed by atoms with van der Waals surface area (Å²) in [6.07, 6.45) is 2.70. The molecule has 6 heteroatoms. The van der Waals surface area contributed by atoms with Crippen LogP contribution in [0.3, 0.4) is 0 Å². The fourth-order valence-electron chi connectivity index (χ4n) is 3.11. The highest BCUT2D eigenvalue weighted by Gasteiger charge is 2.10. The van der Waals surface area contributed by atoms with Crippen LogP contribution >= 0.6 is 0 Å². The number of carbonyl (C=O) groups excluding carboxylic acids is 1. The lowest BCUT2D eigenvalue weighted by atomic mass is 9.99. The van der Waals surface area contributed by atoms with Crippen molar-refractivity contribution in [2.24, 2.45) is 5.16 Å². The van der Waals surface area contributed by atoms with E-state index in [4.69, 9.17) is 9.57 Å². The molecule has 1 aliphatic rings. The number of rotatable bonds is 8. The monoisotopic (exact) mass is 395 g/mol. The van der Waals surface area contributed by atoms with Crippen LogP contribution in [0.25, 0.3) is 0 Å². The van der Waals surface area contributed by atoms with Crippen LogP contribution in [0, 0.1) is 0 Å². The first-order chi connectivity index (χ1) is 14.2. The smallest absolute Gasteiger partial charge is 0.265 e. The van der Waals surface area contributed by atoms with Crippen molar-refractivity contribution in [1.82, 2.24) is 0 Å². The Kier molecular flexibility index (Phi) is 7.64. The molecule has 1 heterocycles. The molecule has 154 valence electrons. The average molecular weight is 396 g/mol. The molecular formula is C23H29N3O3. The summed E-state index contributed by atoms with van der Waals surface area (Å²) >= 11 is 0. The molecule has 0 radical (unpaired) electrons. The van der Waals surface area contributed by atoms with E-state index in [1.54, 1.807) is 6.21 Å². The third kappa shape index (κ3) is 6.32. The summed E-state index contributed by atoms with van der Waals surface area (Å²) in [6, 6.07) is 16.0. The van der Waals surface area contributed by atoms with Crippen LogP contribution < -0.4 is 10.2 Å². The van der Waals surface area contributed by atoms with Gasteiger partial charge in [-0.25, -0.2) is 0 Å². The molecule has 1 atom stereocenters. The van der Waals surface area contributed by atoms with Crippen LogP contribution in [0.1, 0.15) is 37.3 Å². The average Bonchev–Trinajstić information content (AvgIpc) is 2.78. The van der Waals surface area contributed by atoms with Gasteiger partial charge in [0.25, 0.3) is 5.91 Å². The molecule has 1 N–H and O–H groups in total. The van der Waals surface area contributed by atoms with Crippen LogP contribution in [-0.2, 0) is 14.4 Å². The summed E-state index contributed by atoms with van der Waals surface area (Å²) in [7, 11) is 0. The number of oxime groups is 1. The Bertz CT molecular complexity index is 797. The predicted octanol–water partition coefficient (Wildman–Crippen LogP) is 4.03. The molecule has 1 unspecified atom stereocenters. The lowest BCUT2D eigenvalue weighted by molar-refractivity contribution is -0.120. The van der Waals surface area contributed by atoms with Crippen molar-refractivity contribution in [1.29, 1.82) is 0 Å². The third-order valence-electron chi connectivity index (χ3n) is 5.12. The second-order valence-corrected chi connectivity index (χ2v) is 7.18. The Morgan fingerprint density at radius 1 is 1.17 bits per heavy atom. The summed E-state index contributed by atoms with van der Waals surface area (Å²) < 4.78 is 5.37. The molecule has 0 bridgehead atoms. The number of ether oxygens (including phenoxy) is 1. The fraction of sp³-hybridized carbons (Fsp3) is 0.391. The number of hydrogen-bond donors (Lipinski definition) is 1. The lowest BCUT2D eigenvalue weighted by Crippen LogP contribution is -2.36. The van der Waals surface area contributed by atoms with Gasteiger partial charge >= 0.3 is 0 Å². The van der Waals surface area contributed by atoms with E-state index in [0.29, 0.717) is 5.92 Å². The molecule has 2 aromatic rings. The Labute approximate surface area is 172 Å². The van der Waals surface area contributed by atoms with Crippen molar-refractivity contribution in [3.05, 3.63) is 59.7 Å². The standard InChI is InChI=1S/C23H29N3O3/c1-3-18(2)20-6-8-21(9-7-20)25-23(27)17-29-24-16-19-4-10-22(11-5-19)26-12-14-28-15-13-26/h4-11,16,18H,3,12-15,17H2,1-2H3,(H,25,27)/b24-16+. The van der Waals surface area contributed by atoms with Gasteiger partial charge < -0.3 is 19.8 Å². The van der Waals surface area contributed by atoms with Crippen molar-refractivity contribution in [3.8, 4) is 0 Å². The maximum absolute atomic E-state index is 12.0. The Morgan fingerprint density at radius 3 is 2.52 bits per heavy atom. The van der Waals surface area contributed by atoms with Gasteiger partial charge in [-0.1, -0.05) is 43.3 Å². The second-order valence-electron chi connectivity index (χ2n) is 7.18. The third-order valence-corrected chi connectivity index (χ3v) is 5.12. The number of amides is 1. The zero-order valence-corrected chi connectivity index (χ0v) is 17.1. The molecule has 1 amide bonds. The molecule has 3 rings (SSSR count). The van der Waals surface area contributed by atoms with Crippen LogP contribution in [-0.4, -0.2) is 45.0 Å². The zero-order valence-electron chi connectivity index (χ0n) is 17.1. The first-order valence-electron chi connectivity index (χ1n) is 10.1. The minimum Gasteiger partial charge on any atom is -0.386 e. The first-order valence-corrected chi connectivity index (χ1v) is 10.1. The maximum Gasteiger partial charge on any atom is 0.265 e. The van der Waals surface area contributed by atoms with E-state index in [0.717, 1.165) is 44.0 Å². The van der Waals surface area contributed by atoms with Crippen molar-refractivity contribution in [3.63, 3.8) is 0 Å². The van der Waals surface area contributed by atoms with E-state index >= 15 is 0 Å². The van der Waals surface area contributed by atoms with E-state index in [2.05, 4.69) is 41.4 Å². The van der Waals surface area contributed by atoms with Crippen molar-refractivity contribution >= 4 is 23.5 Å². The second kappa shape index (κ2) is 10.6. The Hall–Kier alpha value is -2.86. The minimum absolute atomic E-state index is 0.129. The van der Waals surface area contributed by atoms with Crippen molar-refractivity contribution in [2.45, 2.75) is 26.2 Å². The van der Waals surface area contributed by atoms with Crippen LogP contribution in [0.5, 0.6) is 0 Å². The van der Waals surface area contributed by atoms with E-state index < -0.39 is 0 Å². The van der Waals surface area contributed by atoms with E-state index in [9.17, 15) is 4.79 Å². The number of benzene rings is 2. The fourth-order valence-corrected chi connectivity index (χ4v) is 3.11. The molecule has 0 aromatic heterocycles. The molecule has 1 fully saturated rings. The first kappa shape index (κ1) is 20.9. The molecule has 6 nitrogen and oxygen atoms in total. The zero-order chi connectivity index (χ0) is 20.5. The number of anilines is 2. The largest absolute Gasteiger partial charge is 0.386 e. The number of hydrogen-bond acceptors (Lipinski definition) is 5. The summed E-state index contributed by atoms with van der Waals surface area (Å²) in [5.74, 6) is 0.279. The summed E-state index contributed by atoms with van der Waals surface area (Å²) in [5, 5.41) is 6.71. The molecular weight excluding hydrogens is 366 g/mol. The summed E-state index contributed by atoms with van der Waals surface area (Å²) in [5.41, 5.74) is 4.12. The van der Waals surface area contributed by atoms with Gasteiger partial charge in [-0.3, -0.25) is 4.79 Å². The molecule has 29 heavy (non-hydrogen) atoms. The van der Waals surface area contributed by atoms with Gasteiger partial charge in [-0.05, 0) is 47.7 Å². The van der Waals surface area contributed by atoms with Gasteiger partial charge in [-0.15, -0.1) is 0 Å². The Balaban J connectivity index is 1.42. The number of nitrogens with zero attached hydrogens (tertiary/aromatic N) is 2.